The number of fused-ring (bicyclic) bond motifs is 1. The molecule has 0 radical (unpaired) electrons. The number of furan rings is 1. The minimum atomic E-state index is -0.509. The summed E-state index contributed by atoms with van der Waals surface area (Å²) < 4.78 is 30.5. The second-order valence-electron chi connectivity index (χ2n) is 6.50. The molecule has 7 nitrogen and oxygen atoms in total. The molecule has 1 aliphatic heterocycles. The standard InChI is InChI=1S/C21H20FN3O4/c1-27-18-4-2-3-15-12-19(29-20(15)18)21(26)24-23-13-14-5-6-17(16(22)11-14)25-7-9-28-10-8-25/h2-6,11-13H,7-10H2,1H3,(H,24,26)/b23-13-. The van der Waals surface area contributed by atoms with E-state index in [1.807, 2.05) is 17.0 Å². The highest BCUT2D eigenvalue weighted by molar-refractivity contribution is 5.97. The molecule has 0 saturated carbocycles. The van der Waals surface area contributed by atoms with Crippen LogP contribution in [0.4, 0.5) is 10.1 Å². The molecule has 1 N–H and O–H groups in total. The maximum absolute atomic E-state index is 14.4. The molecule has 1 amide bonds. The molecular formula is C21H20FN3O4. The summed E-state index contributed by atoms with van der Waals surface area (Å²) >= 11 is 0. The zero-order valence-electron chi connectivity index (χ0n) is 15.9. The van der Waals surface area contributed by atoms with E-state index < -0.39 is 5.91 Å². The normalized spacial score (nSPS) is 14.5. The molecule has 1 saturated heterocycles. The van der Waals surface area contributed by atoms with Crippen LogP contribution in [-0.2, 0) is 4.74 Å². The highest BCUT2D eigenvalue weighted by atomic mass is 19.1. The monoisotopic (exact) mass is 397 g/mol. The molecule has 3 aromatic rings. The van der Waals surface area contributed by atoms with Crippen molar-refractivity contribution in [1.82, 2.24) is 5.43 Å². The lowest BCUT2D eigenvalue weighted by Crippen LogP contribution is -2.36. The average Bonchev–Trinajstić information content (AvgIpc) is 3.19. The summed E-state index contributed by atoms with van der Waals surface area (Å²) in [5, 5.41) is 4.65. The molecule has 1 fully saturated rings. The second-order valence-corrected chi connectivity index (χ2v) is 6.50. The molecule has 0 atom stereocenters. The Kier molecular flexibility index (Phi) is 5.44. The fourth-order valence-corrected chi connectivity index (χ4v) is 3.19. The Morgan fingerprint density at radius 3 is 2.83 bits per heavy atom. The number of benzene rings is 2. The Morgan fingerprint density at radius 1 is 1.24 bits per heavy atom. The van der Waals surface area contributed by atoms with Crippen molar-refractivity contribution >= 4 is 28.8 Å². The van der Waals surface area contributed by atoms with Crippen molar-refractivity contribution in [3.8, 4) is 5.75 Å². The number of halogens is 1. The van der Waals surface area contributed by atoms with Gasteiger partial charge in [-0.25, -0.2) is 9.82 Å². The number of ether oxygens (including phenoxy) is 2. The van der Waals surface area contributed by atoms with Crippen molar-refractivity contribution in [3.05, 3.63) is 59.6 Å². The molecule has 2 heterocycles. The number of carbonyl (C=O) groups excluding carboxylic acids is 1. The van der Waals surface area contributed by atoms with Crippen molar-refractivity contribution in [2.24, 2.45) is 5.10 Å². The quantitative estimate of drug-likeness (QED) is 0.529. The van der Waals surface area contributed by atoms with Gasteiger partial charge in [0.2, 0.25) is 0 Å². The van der Waals surface area contributed by atoms with Crippen molar-refractivity contribution < 1.29 is 23.1 Å². The van der Waals surface area contributed by atoms with Crippen LogP contribution in [0.1, 0.15) is 16.1 Å². The summed E-state index contributed by atoms with van der Waals surface area (Å²) in [7, 11) is 1.53. The molecule has 150 valence electrons. The predicted molar refractivity (Wildman–Crippen MR) is 107 cm³/mol. The van der Waals surface area contributed by atoms with Crippen LogP contribution in [0, 0.1) is 5.82 Å². The maximum atomic E-state index is 14.4. The number of methoxy groups -OCH3 is 1. The van der Waals surface area contributed by atoms with Crippen LogP contribution in [0.15, 0.2) is 52.0 Å². The molecular weight excluding hydrogens is 377 g/mol. The number of rotatable bonds is 5. The number of hydrogen-bond acceptors (Lipinski definition) is 6. The average molecular weight is 397 g/mol. The fraction of sp³-hybridized carbons (Fsp3) is 0.238. The van der Waals surface area contributed by atoms with E-state index in [2.05, 4.69) is 10.5 Å². The summed E-state index contributed by atoms with van der Waals surface area (Å²) in [6, 6.07) is 11.8. The number of amides is 1. The van der Waals surface area contributed by atoms with Crippen LogP contribution < -0.4 is 15.1 Å². The third kappa shape index (κ3) is 4.07. The Balaban J connectivity index is 1.43. The zero-order valence-corrected chi connectivity index (χ0v) is 15.9. The first-order valence-corrected chi connectivity index (χ1v) is 9.18. The van der Waals surface area contributed by atoms with Crippen molar-refractivity contribution in [3.63, 3.8) is 0 Å². The van der Waals surface area contributed by atoms with Crippen molar-refractivity contribution in [2.45, 2.75) is 0 Å². The first-order chi connectivity index (χ1) is 14.2. The second kappa shape index (κ2) is 8.32. The lowest BCUT2D eigenvalue weighted by Gasteiger charge is -2.29. The van der Waals surface area contributed by atoms with Crippen molar-refractivity contribution in [1.29, 1.82) is 0 Å². The van der Waals surface area contributed by atoms with E-state index in [0.717, 1.165) is 5.39 Å². The first-order valence-electron chi connectivity index (χ1n) is 9.18. The molecule has 2 aromatic carbocycles. The van der Waals surface area contributed by atoms with E-state index in [0.29, 0.717) is 48.9 Å². The van der Waals surface area contributed by atoms with Gasteiger partial charge in [0, 0.05) is 18.5 Å². The molecule has 0 spiro atoms. The van der Waals surface area contributed by atoms with E-state index in [4.69, 9.17) is 13.9 Å². The molecule has 1 aliphatic rings. The van der Waals surface area contributed by atoms with Gasteiger partial charge in [-0.15, -0.1) is 0 Å². The molecule has 4 rings (SSSR count). The van der Waals surface area contributed by atoms with Gasteiger partial charge in [0.05, 0.1) is 32.2 Å². The van der Waals surface area contributed by atoms with E-state index in [9.17, 15) is 9.18 Å². The summed E-state index contributed by atoms with van der Waals surface area (Å²) in [4.78, 5) is 14.2. The highest BCUT2D eigenvalue weighted by Crippen LogP contribution is 2.28. The number of hydrogen-bond donors (Lipinski definition) is 1. The van der Waals surface area contributed by atoms with Crippen molar-refractivity contribution in [2.75, 3.05) is 38.3 Å². The zero-order chi connectivity index (χ0) is 20.2. The topological polar surface area (TPSA) is 76.3 Å². The lowest BCUT2D eigenvalue weighted by molar-refractivity contribution is 0.0929. The van der Waals surface area contributed by atoms with Gasteiger partial charge in [0.1, 0.15) is 5.82 Å². The van der Waals surface area contributed by atoms with Crippen LogP contribution in [0.5, 0.6) is 5.75 Å². The lowest BCUT2D eigenvalue weighted by atomic mass is 10.2. The van der Waals surface area contributed by atoms with Crippen LogP contribution >= 0.6 is 0 Å². The summed E-state index contributed by atoms with van der Waals surface area (Å²) in [5.41, 5.74) is 3.95. The smallest absolute Gasteiger partial charge is 0.307 e. The van der Waals surface area contributed by atoms with Gasteiger partial charge >= 0.3 is 5.91 Å². The number of morpholine rings is 1. The highest BCUT2D eigenvalue weighted by Gasteiger charge is 2.16. The Hall–Kier alpha value is -3.39. The SMILES string of the molecule is COc1cccc2cc(C(=O)N/N=C\c3ccc(N4CCOCC4)c(F)c3)oc12. The molecule has 0 bridgehead atoms. The van der Waals surface area contributed by atoms with Gasteiger partial charge in [-0.3, -0.25) is 4.79 Å². The van der Waals surface area contributed by atoms with Crippen LogP contribution in [-0.4, -0.2) is 45.5 Å². The van der Waals surface area contributed by atoms with Crippen LogP contribution in [0.3, 0.4) is 0 Å². The predicted octanol–water partition coefficient (Wildman–Crippen LogP) is 3.18. The van der Waals surface area contributed by atoms with Gasteiger partial charge < -0.3 is 18.8 Å². The fourth-order valence-electron chi connectivity index (χ4n) is 3.19. The van der Waals surface area contributed by atoms with E-state index in [-0.39, 0.29) is 11.6 Å². The Bertz CT molecular complexity index is 1060. The molecule has 8 heteroatoms. The minimum Gasteiger partial charge on any atom is -0.493 e. The van der Waals surface area contributed by atoms with Gasteiger partial charge in [0.15, 0.2) is 17.1 Å². The minimum absolute atomic E-state index is 0.107. The van der Waals surface area contributed by atoms with Gasteiger partial charge in [0.25, 0.3) is 0 Å². The number of para-hydroxylation sites is 1. The molecule has 29 heavy (non-hydrogen) atoms. The third-order valence-electron chi connectivity index (χ3n) is 4.65. The summed E-state index contributed by atoms with van der Waals surface area (Å²) in [6.45, 7) is 2.48. The largest absolute Gasteiger partial charge is 0.493 e. The van der Waals surface area contributed by atoms with E-state index >= 15 is 0 Å². The Morgan fingerprint density at radius 2 is 2.07 bits per heavy atom. The van der Waals surface area contributed by atoms with Gasteiger partial charge in [-0.1, -0.05) is 18.2 Å². The number of hydrazone groups is 1. The maximum Gasteiger partial charge on any atom is 0.307 e. The first kappa shape index (κ1) is 18.9. The number of carbonyl (C=O) groups is 1. The van der Waals surface area contributed by atoms with Crippen LogP contribution in [0.2, 0.25) is 0 Å². The van der Waals surface area contributed by atoms with Gasteiger partial charge in [-0.05, 0) is 29.8 Å². The number of anilines is 1. The third-order valence-corrected chi connectivity index (χ3v) is 4.65. The number of nitrogens with zero attached hydrogens (tertiary/aromatic N) is 2. The Labute approximate surface area is 166 Å². The molecule has 0 aliphatic carbocycles. The number of nitrogens with one attached hydrogen (secondary N) is 1. The summed E-state index contributed by atoms with van der Waals surface area (Å²) in [5.74, 6) is -0.201. The van der Waals surface area contributed by atoms with Gasteiger partial charge in [-0.2, -0.15) is 5.10 Å². The van der Waals surface area contributed by atoms with Crippen LogP contribution in [0.25, 0.3) is 11.0 Å². The molecule has 1 aromatic heterocycles. The molecule has 0 unspecified atom stereocenters. The summed E-state index contributed by atoms with van der Waals surface area (Å²) in [6.07, 6.45) is 1.38. The van der Waals surface area contributed by atoms with E-state index in [1.165, 1.54) is 19.4 Å². The van der Waals surface area contributed by atoms with E-state index in [1.54, 1.807) is 24.3 Å².